The highest BCUT2D eigenvalue weighted by molar-refractivity contribution is 5.43. The number of hydrogen-bond donors (Lipinski definition) is 1. The van der Waals surface area contributed by atoms with Crippen LogP contribution in [0.4, 0.5) is 4.39 Å². The maximum Gasteiger partial charge on any atom is 0.172 e. The summed E-state index contributed by atoms with van der Waals surface area (Å²) in [6.07, 6.45) is 0. The molecule has 100 valence electrons. The molecule has 0 heterocycles. The van der Waals surface area contributed by atoms with Gasteiger partial charge in [0.15, 0.2) is 11.5 Å². The molecule has 2 aromatic rings. The monoisotopic (exact) mass is 261 g/mol. The summed E-state index contributed by atoms with van der Waals surface area (Å²) >= 11 is 0. The third-order valence-corrected chi connectivity index (χ3v) is 2.38. The molecule has 0 saturated carbocycles. The number of ether oxygens (including phenoxy) is 2. The number of hydrogen-bond acceptors (Lipinski definition) is 3. The Balaban J connectivity index is 2.19. The fraction of sp³-hybridized carbons (Fsp3) is 0.200. The molecule has 0 saturated heterocycles. The van der Waals surface area contributed by atoms with Crippen LogP contribution < -0.4 is 15.2 Å². The normalized spacial score (nSPS) is 11.9. The molecule has 0 radical (unpaired) electrons. The Kier molecular flexibility index (Phi) is 4.36. The molecular weight excluding hydrogens is 245 g/mol. The first-order valence-electron chi connectivity index (χ1n) is 6.06. The molecule has 0 fully saturated rings. The van der Waals surface area contributed by atoms with Gasteiger partial charge in [0.2, 0.25) is 0 Å². The highest BCUT2D eigenvalue weighted by Crippen LogP contribution is 2.32. The molecule has 19 heavy (non-hydrogen) atoms. The topological polar surface area (TPSA) is 44.5 Å². The summed E-state index contributed by atoms with van der Waals surface area (Å²) in [5.41, 5.74) is 5.63. The molecule has 3 nitrogen and oxygen atoms in total. The zero-order valence-electron chi connectivity index (χ0n) is 10.7. The van der Waals surface area contributed by atoms with Gasteiger partial charge in [-0.1, -0.05) is 18.2 Å². The molecule has 1 atom stereocenters. The Hall–Kier alpha value is -2.07. The van der Waals surface area contributed by atoms with Crippen molar-refractivity contribution < 1.29 is 13.9 Å². The molecule has 0 spiro atoms. The van der Waals surface area contributed by atoms with Crippen LogP contribution >= 0.6 is 0 Å². The SMILES string of the molecule is C[C@@H](N)COc1ccc(F)cc1Oc1ccccc1. The summed E-state index contributed by atoms with van der Waals surface area (Å²) < 4.78 is 24.4. The Morgan fingerprint density at radius 2 is 1.84 bits per heavy atom. The first kappa shape index (κ1) is 13.4. The second-order valence-electron chi connectivity index (χ2n) is 4.29. The van der Waals surface area contributed by atoms with Gasteiger partial charge in [0.05, 0.1) is 0 Å². The van der Waals surface area contributed by atoms with E-state index in [0.29, 0.717) is 23.9 Å². The number of para-hydroxylation sites is 1. The van der Waals surface area contributed by atoms with Crippen molar-refractivity contribution in [2.75, 3.05) is 6.61 Å². The predicted octanol–water partition coefficient (Wildman–Crippen LogP) is 3.34. The predicted molar refractivity (Wildman–Crippen MR) is 72.1 cm³/mol. The highest BCUT2D eigenvalue weighted by Gasteiger charge is 2.09. The zero-order chi connectivity index (χ0) is 13.7. The minimum Gasteiger partial charge on any atom is -0.488 e. The maximum atomic E-state index is 13.3. The quantitative estimate of drug-likeness (QED) is 0.897. The lowest BCUT2D eigenvalue weighted by Crippen LogP contribution is -2.23. The molecule has 2 N–H and O–H groups in total. The van der Waals surface area contributed by atoms with E-state index in [9.17, 15) is 4.39 Å². The van der Waals surface area contributed by atoms with E-state index in [0.717, 1.165) is 0 Å². The van der Waals surface area contributed by atoms with Crippen LogP contribution in [0.2, 0.25) is 0 Å². The smallest absolute Gasteiger partial charge is 0.172 e. The van der Waals surface area contributed by atoms with Crippen LogP contribution in [0.25, 0.3) is 0 Å². The van der Waals surface area contributed by atoms with Gasteiger partial charge in [-0.3, -0.25) is 0 Å². The van der Waals surface area contributed by atoms with Crippen LogP contribution in [-0.2, 0) is 0 Å². The van der Waals surface area contributed by atoms with Crippen LogP contribution in [-0.4, -0.2) is 12.6 Å². The molecule has 4 heteroatoms. The molecular formula is C15H16FNO2. The van der Waals surface area contributed by atoms with Gasteiger partial charge >= 0.3 is 0 Å². The van der Waals surface area contributed by atoms with Crippen LogP contribution in [0.3, 0.4) is 0 Å². The summed E-state index contributed by atoms with van der Waals surface area (Å²) in [6.45, 7) is 2.18. The summed E-state index contributed by atoms with van der Waals surface area (Å²) in [6, 6.07) is 13.2. The minimum atomic E-state index is -0.376. The Labute approximate surface area is 111 Å². The van der Waals surface area contributed by atoms with Crippen molar-refractivity contribution in [1.82, 2.24) is 0 Å². The van der Waals surface area contributed by atoms with Gasteiger partial charge in [0, 0.05) is 12.1 Å². The summed E-state index contributed by atoms with van der Waals surface area (Å²) in [5.74, 6) is 1.06. The molecule has 0 unspecified atom stereocenters. The van der Waals surface area contributed by atoms with Gasteiger partial charge in [-0.25, -0.2) is 4.39 Å². The average molecular weight is 261 g/mol. The van der Waals surface area contributed by atoms with E-state index in [1.165, 1.54) is 18.2 Å². The maximum absolute atomic E-state index is 13.3. The van der Waals surface area contributed by atoms with Crippen molar-refractivity contribution in [3.8, 4) is 17.2 Å². The van der Waals surface area contributed by atoms with Crippen molar-refractivity contribution in [3.63, 3.8) is 0 Å². The van der Waals surface area contributed by atoms with E-state index >= 15 is 0 Å². The van der Waals surface area contributed by atoms with Gasteiger partial charge in [0.1, 0.15) is 18.2 Å². The van der Waals surface area contributed by atoms with E-state index in [1.807, 2.05) is 25.1 Å². The molecule has 0 aliphatic carbocycles. The first-order chi connectivity index (χ1) is 9.15. The van der Waals surface area contributed by atoms with Gasteiger partial charge in [-0.2, -0.15) is 0 Å². The minimum absolute atomic E-state index is 0.102. The average Bonchev–Trinajstić information content (AvgIpc) is 2.39. The third kappa shape index (κ3) is 3.96. The van der Waals surface area contributed by atoms with Crippen LogP contribution in [0.15, 0.2) is 48.5 Å². The Bertz CT molecular complexity index is 529. The van der Waals surface area contributed by atoms with Crippen LogP contribution in [0.5, 0.6) is 17.2 Å². The second-order valence-corrected chi connectivity index (χ2v) is 4.29. The second kappa shape index (κ2) is 6.20. The molecule has 0 bridgehead atoms. The number of benzene rings is 2. The van der Waals surface area contributed by atoms with Crippen molar-refractivity contribution in [3.05, 3.63) is 54.3 Å². The lowest BCUT2D eigenvalue weighted by Gasteiger charge is -2.13. The van der Waals surface area contributed by atoms with Crippen molar-refractivity contribution in [2.45, 2.75) is 13.0 Å². The lowest BCUT2D eigenvalue weighted by atomic mass is 10.3. The standard InChI is InChI=1S/C15H16FNO2/c1-11(17)10-18-14-8-7-12(16)9-15(14)19-13-5-3-2-4-6-13/h2-9,11H,10,17H2,1H3/t11-/m1/s1. The summed E-state index contributed by atoms with van der Waals surface area (Å²) in [7, 11) is 0. The molecule has 0 aliphatic rings. The lowest BCUT2D eigenvalue weighted by molar-refractivity contribution is 0.283. The molecule has 2 aromatic carbocycles. The Morgan fingerprint density at radius 3 is 2.53 bits per heavy atom. The first-order valence-corrected chi connectivity index (χ1v) is 6.06. The highest BCUT2D eigenvalue weighted by atomic mass is 19.1. The Morgan fingerprint density at radius 1 is 1.11 bits per heavy atom. The molecule has 2 rings (SSSR count). The third-order valence-electron chi connectivity index (χ3n) is 2.38. The molecule has 0 aromatic heterocycles. The van der Waals surface area contributed by atoms with Crippen molar-refractivity contribution in [1.29, 1.82) is 0 Å². The van der Waals surface area contributed by atoms with Crippen molar-refractivity contribution in [2.24, 2.45) is 5.73 Å². The summed E-state index contributed by atoms with van der Waals surface area (Å²) in [4.78, 5) is 0. The molecule has 0 amide bonds. The van der Waals surface area contributed by atoms with E-state index < -0.39 is 0 Å². The van der Waals surface area contributed by atoms with Crippen LogP contribution in [0, 0.1) is 5.82 Å². The molecule has 0 aliphatic heterocycles. The van der Waals surface area contributed by atoms with Gasteiger partial charge in [-0.15, -0.1) is 0 Å². The number of nitrogens with two attached hydrogens (primary N) is 1. The van der Waals surface area contributed by atoms with E-state index in [-0.39, 0.29) is 11.9 Å². The number of halogens is 1. The van der Waals surface area contributed by atoms with Gasteiger partial charge in [0.25, 0.3) is 0 Å². The van der Waals surface area contributed by atoms with E-state index in [1.54, 1.807) is 12.1 Å². The fourth-order valence-electron chi connectivity index (χ4n) is 1.52. The van der Waals surface area contributed by atoms with Crippen molar-refractivity contribution >= 4 is 0 Å². The van der Waals surface area contributed by atoms with E-state index in [4.69, 9.17) is 15.2 Å². The number of rotatable bonds is 5. The largest absolute Gasteiger partial charge is 0.488 e. The van der Waals surface area contributed by atoms with Crippen LogP contribution in [0.1, 0.15) is 6.92 Å². The van der Waals surface area contributed by atoms with Gasteiger partial charge < -0.3 is 15.2 Å². The van der Waals surface area contributed by atoms with E-state index in [2.05, 4.69) is 0 Å². The zero-order valence-corrected chi connectivity index (χ0v) is 10.7. The summed E-state index contributed by atoms with van der Waals surface area (Å²) in [5, 5.41) is 0. The fourth-order valence-corrected chi connectivity index (χ4v) is 1.52. The van der Waals surface area contributed by atoms with Gasteiger partial charge in [-0.05, 0) is 31.2 Å².